The maximum absolute atomic E-state index is 2.63. The predicted octanol–water partition coefficient (Wildman–Crippen LogP) is 5.10. The Morgan fingerprint density at radius 3 is 2.06 bits per heavy atom. The third kappa shape index (κ3) is 6.01. The van der Waals surface area contributed by atoms with Crippen molar-refractivity contribution >= 4 is 11.3 Å². The van der Waals surface area contributed by atoms with Crippen LogP contribution >= 0.6 is 11.3 Å². The van der Waals surface area contributed by atoms with Crippen molar-refractivity contribution in [2.24, 2.45) is 0 Å². The van der Waals surface area contributed by atoms with E-state index in [0.29, 0.717) is 0 Å². The highest BCUT2D eigenvalue weighted by atomic mass is 32.1. The van der Waals surface area contributed by atoms with Crippen LogP contribution in [0.5, 0.6) is 0 Å². The van der Waals surface area contributed by atoms with Crippen molar-refractivity contribution in [2.45, 2.75) is 65.8 Å². The Hall–Kier alpha value is -0.340. The summed E-state index contributed by atoms with van der Waals surface area (Å²) in [7, 11) is 0. The Balaban J connectivity index is 2.46. The van der Waals surface area contributed by atoms with Crippen LogP contribution in [0, 0.1) is 0 Å². The lowest BCUT2D eigenvalue weighted by atomic mass is 10.2. The van der Waals surface area contributed by atoms with E-state index in [2.05, 4.69) is 37.8 Å². The van der Waals surface area contributed by atoms with Crippen LogP contribution in [0.3, 0.4) is 0 Å². The number of unbranched alkanes of at least 4 members (excludes halogenated alkanes) is 2. The molecule has 1 aromatic heterocycles. The molecular weight excluding hydrogens is 238 g/mol. The smallest absolute Gasteiger partial charge is 0.0328 e. The summed E-state index contributed by atoms with van der Waals surface area (Å²) >= 11 is 2.01. The topological polar surface area (TPSA) is 3.24 Å². The molecule has 1 aromatic rings. The summed E-state index contributed by atoms with van der Waals surface area (Å²) in [6.07, 6.45) is 7.76. The van der Waals surface area contributed by atoms with Crippen LogP contribution in [0.25, 0.3) is 0 Å². The highest BCUT2D eigenvalue weighted by molar-refractivity contribution is 7.11. The summed E-state index contributed by atoms with van der Waals surface area (Å²) < 4.78 is 0. The highest BCUT2D eigenvalue weighted by Gasteiger charge is 2.07. The van der Waals surface area contributed by atoms with Crippen LogP contribution in [0.15, 0.2) is 12.1 Å². The standard InChI is InChI=1S/C16H29NS/c1-4-7-12-17(13-8-5-2)14-16-11-10-15(18-16)9-6-3/h10-11H,4-9,12-14H2,1-3H3. The average Bonchev–Trinajstić information content (AvgIpc) is 2.80. The van der Waals surface area contributed by atoms with Crippen LogP contribution in [-0.4, -0.2) is 18.0 Å². The minimum absolute atomic E-state index is 1.16. The molecule has 0 saturated carbocycles. The van der Waals surface area contributed by atoms with Crippen molar-refractivity contribution in [1.29, 1.82) is 0 Å². The molecule has 1 heterocycles. The molecule has 0 bridgehead atoms. The summed E-state index contributed by atoms with van der Waals surface area (Å²) in [6, 6.07) is 4.65. The summed E-state index contributed by atoms with van der Waals surface area (Å²) in [6.45, 7) is 10.5. The Kier molecular flexibility index (Phi) is 8.36. The zero-order valence-corrected chi connectivity index (χ0v) is 13.2. The molecule has 0 aliphatic heterocycles. The number of rotatable bonds is 10. The number of hydrogen-bond donors (Lipinski definition) is 0. The first kappa shape index (κ1) is 15.7. The van der Waals surface area contributed by atoms with E-state index in [0.717, 1.165) is 6.54 Å². The predicted molar refractivity (Wildman–Crippen MR) is 83.4 cm³/mol. The minimum atomic E-state index is 1.16. The minimum Gasteiger partial charge on any atom is -0.298 e. The van der Waals surface area contributed by atoms with E-state index in [4.69, 9.17) is 0 Å². The Morgan fingerprint density at radius 2 is 1.50 bits per heavy atom. The van der Waals surface area contributed by atoms with Crippen LogP contribution < -0.4 is 0 Å². The molecule has 0 N–H and O–H groups in total. The molecule has 0 unspecified atom stereocenters. The van der Waals surface area contributed by atoms with E-state index in [1.54, 1.807) is 9.75 Å². The highest BCUT2D eigenvalue weighted by Crippen LogP contribution is 2.20. The molecule has 1 nitrogen and oxygen atoms in total. The monoisotopic (exact) mass is 267 g/mol. The SMILES string of the molecule is CCCCN(CCCC)Cc1ccc(CCC)s1. The summed E-state index contributed by atoms with van der Waals surface area (Å²) in [4.78, 5) is 5.73. The van der Waals surface area contributed by atoms with Gasteiger partial charge in [0.05, 0.1) is 0 Å². The summed E-state index contributed by atoms with van der Waals surface area (Å²) in [5, 5.41) is 0. The molecular formula is C16H29NS. The van der Waals surface area contributed by atoms with Gasteiger partial charge in [0.1, 0.15) is 0 Å². The lowest BCUT2D eigenvalue weighted by Gasteiger charge is -2.21. The lowest BCUT2D eigenvalue weighted by molar-refractivity contribution is 0.259. The Labute approximate surface area is 117 Å². The Morgan fingerprint density at radius 1 is 0.889 bits per heavy atom. The van der Waals surface area contributed by atoms with Gasteiger partial charge in [0.15, 0.2) is 0 Å². The van der Waals surface area contributed by atoms with Gasteiger partial charge in [-0.25, -0.2) is 0 Å². The number of nitrogens with zero attached hydrogens (tertiary/aromatic N) is 1. The molecule has 0 saturated heterocycles. The Bertz CT molecular complexity index is 298. The van der Waals surface area contributed by atoms with Crippen molar-refractivity contribution < 1.29 is 0 Å². The van der Waals surface area contributed by atoms with Gasteiger partial charge in [0, 0.05) is 16.3 Å². The number of thiophene rings is 1. The first-order valence-electron chi connectivity index (χ1n) is 7.60. The molecule has 0 atom stereocenters. The van der Waals surface area contributed by atoms with Gasteiger partial charge in [0.25, 0.3) is 0 Å². The molecule has 18 heavy (non-hydrogen) atoms. The average molecular weight is 267 g/mol. The van der Waals surface area contributed by atoms with E-state index < -0.39 is 0 Å². The molecule has 0 aliphatic rings. The maximum Gasteiger partial charge on any atom is 0.0328 e. The van der Waals surface area contributed by atoms with Gasteiger partial charge in [-0.1, -0.05) is 40.0 Å². The van der Waals surface area contributed by atoms with Crippen LogP contribution in [0.1, 0.15) is 62.6 Å². The third-order valence-corrected chi connectivity index (χ3v) is 4.38. The van der Waals surface area contributed by atoms with Gasteiger partial charge in [0.2, 0.25) is 0 Å². The second kappa shape index (κ2) is 9.57. The molecule has 0 aliphatic carbocycles. The van der Waals surface area contributed by atoms with Crippen molar-refractivity contribution in [3.8, 4) is 0 Å². The van der Waals surface area contributed by atoms with E-state index >= 15 is 0 Å². The van der Waals surface area contributed by atoms with Gasteiger partial charge >= 0.3 is 0 Å². The molecule has 0 aromatic carbocycles. The van der Waals surface area contributed by atoms with E-state index in [1.807, 2.05) is 11.3 Å². The quantitative estimate of drug-likeness (QED) is 0.570. The first-order valence-corrected chi connectivity index (χ1v) is 8.41. The molecule has 1 rings (SSSR count). The number of aryl methyl sites for hydroxylation is 1. The zero-order valence-electron chi connectivity index (χ0n) is 12.4. The van der Waals surface area contributed by atoms with E-state index in [9.17, 15) is 0 Å². The van der Waals surface area contributed by atoms with Gasteiger partial charge < -0.3 is 0 Å². The molecule has 2 heteroatoms. The van der Waals surface area contributed by atoms with Crippen molar-refractivity contribution in [2.75, 3.05) is 13.1 Å². The summed E-state index contributed by atoms with van der Waals surface area (Å²) in [5.74, 6) is 0. The second-order valence-electron chi connectivity index (χ2n) is 5.10. The second-order valence-corrected chi connectivity index (χ2v) is 6.35. The molecule has 0 radical (unpaired) electrons. The van der Waals surface area contributed by atoms with Crippen molar-refractivity contribution in [3.05, 3.63) is 21.9 Å². The summed E-state index contributed by atoms with van der Waals surface area (Å²) in [5.41, 5.74) is 0. The molecule has 0 amide bonds. The molecule has 0 spiro atoms. The van der Waals surface area contributed by atoms with Crippen molar-refractivity contribution in [3.63, 3.8) is 0 Å². The fourth-order valence-corrected chi connectivity index (χ4v) is 3.30. The fourth-order valence-electron chi connectivity index (χ4n) is 2.14. The lowest BCUT2D eigenvalue weighted by Crippen LogP contribution is -2.25. The van der Waals surface area contributed by atoms with Gasteiger partial charge in [-0.15, -0.1) is 11.3 Å². The third-order valence-electron chi connectivity index (χ3n) is 3.25. The zero-order chi connectivity index (χ0) is 13.2. The molecule has 0 fully saturated rings. The van der Waals surface area contributed by atoms with E-state index in [-0.39, 0.29) is 0 Å². The largest absolute Gasteiger partial charge is 0.298 e. The molecule has 104 valence electrons. The van der Waals surface area contributed by atoms with Gasteiger partial charge in [-0.2, -0.15) is 0 Å². The van der Waals surface area contributed by atoms with Crippen LogP contribution in [0.2, 0.25) is 0 Å². The number of hydrogen-bond acceptors (Lipinski definition) is 2. The fraction of sp³-hybridized carbons (Fsp3) is 0.750. The van der Waals surface area contributed by atoms with Gasteiger partial charge in [-0.3, -0.25) is 4.90 Å². The van der Waals surface area contributed by atoms with Crippen LogP contribution in [-0.2, 0) is 13.0 Å². The van der Waals surface area contributed by atoms with Crippen LogP contribution in [0.4, 0.5) is 0 Å². The first-order chi connectivity index (χ1) is 8.80. The normalized spacial score (nSPS) is 11.3. The maximum atomic E-state index is 2.63. The van der Waals surface area contributed by atoms with E-state index in [1.165, 1.54) is 51.6 Å². The van der Waals surface area contributed by atoms with Gasteiger partial charge in [-0.05, 0) is 44.5 Å². The van der Waals surface area contributed by atoms with Crippen molar-refractivity contribution in [1.82, 2.24) is 4.90 Å².